The van der Waals surface area contributed by atoms with Crippen LogP contribution in [0.15, 0.2) is 20.7 Å². The summed E-state index contributed by atoms with van der Waals surface area (Å²) in [7, 11) is 0. The van der Waals surface area contributed by atoms with Gasteiger partial charge < -0.3 is 0 Å². The van der Waals surface area contributed by atoms with Crippen LogP contribution in [0.4, 0.5) is 0 Å². The number of aromatic nitrogens is 2. The monoisotopic (exact) mass is 399 g/mol. The molecule has 3 nitrogen and oxygen atoms in total. The first-order chi connectivity index (χ1) is 10.5. The fourth-order valence-corrected chi connectivity index (χ4v) is 3.57. The molecule has 2 rings (SSSR count). The first kappa shape index (κ1) is 17.7. The summed E-state index contributed by atoms with van der Waals surface area (Å²) in [5.41, 5.74) is 3.63. The third-order valence-corrected chi connectivity index (χ3v) is 5.00. The van der Waals surface area contributed by atoms with E-state index in [0.29, 0.717) is 10.3 Å². The summed E-state index contributed by atoms with van der Waals surface area (Å²) in [6.45, 7) is 8.29. The zero-order valence-electron chi connectivity index (χ0n) is 13.2. The summed E-state index contributed by atoms with van der Waals surface area (Å²) in [6.07, 6.45) is 5.00. The third-order valence-electron chi connectivity index (χ3n) is 3.39. The lowest BCUT2D eigenvalue weighted by molar-refractivity contribution is 0.718. The molecule has 1 unspecified atom stereocenters. The van der Waals surface area contributed by atoms with Crippen LogP contribution < -0.4 is 0 Å². The standard InChI is InChI=1S/C16H19BrClN3S/c1-5-9(4)19-14-10(6-2)13-12(8-11(14)17)20-16(22-7-3)21-15(13)18/h6,8-9H,5,7H2,1-4H3/b10-6-,19-14?. The van der Waals surface area contributed by atoms with Crippen LogP contribution in [0.3, 0.4) is 0 Å². The molecule has 0 saturated heterocycles. The fraction of sp³-hybridized carbons (Fsp3) is 0.438. The quantitative estimate of drug-likeness (QED) is 0.373. The van der Waals surface area contributed by atoms with Crippen molar-refractivity contribution in [3.8, 4) is 0 Å². The van der Waals surface area contributed by atoms with E-state index in [4.69, 9.17) is 16.6 Å². The van der Waals surface area contributed by atoms with Crippen molar-refractivity contribution in [2.24, 2.45) is 4.99 Å². The number of nitrogens with zero attached hydrogens (tertiary/aromatic N) is 3. The van der Waals surface area contributed by atoms with Gasteiger partial charge in [-0.3, -0.25) is 4.99 Å². The summed E-state index contributed by atoms with van der Waals surface area (Å²) in [4.78, 5) is 13.8. The van der Waals surface area contributed by atoms with Crippen LogP contribution in [0.1, 0.15) is 45.4 Å². The van der Waals surface area contributed by atoms with Gasteiger partial charge in [0.05, 0.1) is 11.4 Å². The van der Waals surface area contributed by atoms with Crippen LogP contribution in [-0.4, -0.2) is 27.5 Å². The van der Waals surface area contributed by atoms with E-state index < -0.39 is 0 Å². The maximum absolute atomic E-state index is 6.44. The van der Waals surface area contributed by atoms with Crippen molar-refractivity contribution >= 4 is 56.7 Å². The van der Waals surface area contributed by atoms with Gasteiger partial charge >= 0.3 is 0 Å². The summed E-state index contributed by atoms with van der Waals surface area (Å²) in [5, 5.41) is 1.20. The summed E-state index contributed by atoms with van der Waals surface area (Å²) in [6, 6.07) is 0.252. The maximum atomic E-state index is 6.44. The second kappa shape index (κ2) is 7.75. The Kier molecular flexibility index (Phi) is 6.24. The summed E-state index contributed by atoms with van der Waals surface area (Å²) < 4.78 is 0.940. The van der Waals surface area contributed by atoms with Crippen LogP contribution in [0.25, 0.3) is 11.6 Å². The molecule has 1 heterocycles. The van der Waals surface area contributed by atoms with Gasteiger partial charge in [-0.15, -0.1) is 0 Å². The molecule has 0 fully saturated rings. The van der Waals surface area contributed by atoms with E-state index in [1.807, 2.05) is 19.1 Å². The molecule has 118 valence electrons. The molecule has 6 heteroatoms. The van der Waals surface area contributed by atoms with Gasteiger partial charge in [0.15, 0.2) is 5.16 Å². The highest BCUT2D eigenvalue weighted by Crippen LogP contribution is 2.37. The molecule has 1 atom stereocenters. The van der Waals surface area contributed by atoms with Crippen LogP contribution in [-0.2, 0) is 0 Å². The molecular formula is C16H19BrClN3S. The summed E-state index contributed by atoms with van der Waals surface area (Å²) in [5.74, 6) is 0.914. The molecule has 0 saturated carbocycles. The van der Waals surface area contributed by atoms with Gasteiger partial charge in [0.2, 0.25) is 0 Å². The second-order valence-corrected chi connectivity index (χ2v) is 7.36. The van der Waals surface area contributed by atoms with E-state index in [2.05, 4.69) is 46.7 Å². The average Bonchev–Trinajstić information content (AvgIpc) is 2.48. The lowest BCUT2D eigenvalue weighted by atomic mass is 9.95. The number of halogens is 2. The fourth-order valence-electron chi connectivity index (χ4n) is 2.14. The van der Waals surface area contributed by atoms with Gasteiger partial charge in [-0.2, -0.15) is 0 Å². The van der Waals surface area contributed by atoms with Gasteiger partial charge in [0.1, 0.15) is 5.15 Å². The molecule has 22 heavy (non-hydrogen) atoms. The molecule has 0 radical (unpaired) electrons. The number of fused-ring (bicyclic) bond motifs is 1. The van der Waals surface area contributed by atoms with E-state index >= 15 is 0 Å². The predicted octanol–water partition coefficient (Wildman–Crippen LogP) is 5.63. The Morgan fingerprint density at radius 3 is 2.73 bits per heavy atom. The Labute approximate surface area is 149 Å². The minimum atomic E-state index is 0.252. The highest BCUT2D eigenvalue weighted by Gasteiger charge is 2.25. The molecule has 0 amide bonds. The number of thioether (sulfide) groups is 1. The van der Waals surface area contributed by atoms with Crippen LogP contribution in [0, 0.1) is 0 Å². The van der Waals surface area contributed by atoms with Crippen molar-refractivity contribution in [1.82, 2.24) is 9.97 Å². The van der Waals surface area contributed by atoms with Crippen molar-refractivity contribution < 1.29 is 0 Å². The van der Waals surface area contributed by atoms with E-state index in [1.165, 1.54) is 0 Å². The van der Waals surface area contributed by atoms with Gasteiger partial charge in [0, 0.05) is 21.7 Å². The van der Waals surface area contributed by atoms with Crippen molar-refractivity contribution in [2.45, 2.75) is 45.3 Å². The van der Waals surface area contributed by atoms with Crippen molar-refractivity contribution in [3.05, 3.63) is 27.0 Å². The van der Waals surface area contributed by atoms with E-state index in [-0.39, 0.29) is 6.04 Å². The topological polar surface area (TPSA) is 38.1 Å². The van der Waals surface area contributed by atoms with E-state index in [1.54, 1.807) is 11.8 Å². The van der Waals surface area contributed by atoms with E-state index in [0.717, 1.165) is 39.2 Å². The Balaban J connectivity index is 2.61. The molecule has 1 aromatic rings. The minimum absolute atomic E-state index is 0.252. The largest absolute Gasteiger partial charge is 0.281 e. The maximum Gasteiger partial charge on any atom is 0.189 e. The Hall–Kier alpha value is -0.650. The molecule has 0 aliphatic heterocycles. The number of allylic oxidation sites excluding steroid dienone is 3. The van der Waals surface area contributed by atoms with Crippen LogP contribution >= 0.6 is 39.3 Å². The lowest BCUT2D eigenvalue weighted by Gasteiger charge is -2.21. The minimum Gasteiger partial charge on any atom is -0.281 e. The summed E-state index contributed by atoms with van der Waals surface area (Å²) >= 11 is 11.7. The van der Waals surface area contributed by atoms with Crippen molar-refractivity contribution in [2.75, 3.05) is 5.75 Å². The first-order valence-electron chi connectivity index (χ1n) is 7.34. The zero-order valence-corrected chi connectivity index (χ0v) is 16.3. The molecule has 1 aliphatic carbocycles. The van der Waals surface area contributed by atoms with Gasteiger partial charge in [-0.1, -0.05) is 43.3 Å². The molecule has 0 aromatic carbocycles. The lowest BCUT2D eigenvalue weighted by Crippen LogP contribution is -2.14. The van der Waals surface area contributed by atoms with Crippen molar-refractivity contribution in [3.63, 3.8) is 0 Å². The predicted molar refractivity (Wildman–Crippen MR) is 101 cm³/mol. The Morgan fingerprint density at radius 1 is 1.41 bits per heavy atom. The SMILES string of the molecule is C/C=C1\C(=NC(C)CC)C(Br)=Cc2nc(SCC)nc(Cl)c21. The van der Waals surface area contributed by atoms with Crippen LogP contribution in [0.2, 0.25) is 5.15 Å². The number of rotatable bonds is 4. The smallest absolute Gasteiger partial charge is 0.189 e. The Bertz CT molecular complexity index is 668. The normalized spacial score (nSPS) is 19.3. The average molecular weight is 401 g/mol. The number of aliphatic imine (C=N–C) groups is 1. The van der Waals surface area contributed by atoms with Crippen LogP contribution in [0.5, 0.6) is 0 Å². The molecule has 0 bridgehead atoms. The Morgan fingerprint density at radius 2 is 2.14 bits per heavy atom. The third kappa shape index (κ3) is 3.63. The number of hydrogen-bond acceptors (Lipinski definition) is 4. The zero-order chi connectivity index (χ0) is 16.3. The first-order valence-corrected chi connectivity index (χ1v) is 9.50. The molecule has 1 aliphatic rings. The van der Waals surface area contributed by atoms with Gasteiger partial charge in [-0.05, 0) is 48.0 Å². The second-order valence-electron chi connectivity index (χ2n) is 4.92. The number of hydrogen-bond donors (Lipinski definition) is 0. The molecule has 0 N–H and O–H groups in total. The van der Waals surface area contributed by atoms with Gasteiger partial charge in [-0.25, -0.2) is 9.97 Å². The van der Waals surface area contributed by atoms with Gasteiger partial charge in [0.25, 0.3) is 0 Å². The highest BCUT2D eigenvalue weighted by molar-refractivity contribution is 9.12. The molecule has 1 aromatic heterocycles. The highest BCUT2D eigenvalue weighted by atomic mass is 79.9. The molecular weight excluding hydrogens is 382 g/mol. The molecule has 0 spiro atoms. The van der Waals surface area contributed by atoms with E-state index in [9.17, 15) is 0 Å². The van der Waals surface area contributed by atoms with Crippen molar-refractivity contribution in [1.29, 1.82) is 0 Å².